The van der Waals surface area contributed by atoms with Gasteiger partial charge in [0.1, 0.15) is 6.61 Å². The minimum absolute atomic E-state index is 0.00216. The molecule has 0 saturated carbocycles. The number of halogens is 2. The molecule has 2 unspecified atom stereocenters. The van der Waals surface area contributed by atoms with E-state index in [1.165, 1.54) is 41.5 Å². The van der Waals surface area contributed by atoms with E-state index in [1.807, 2.05) is 35.2 Å². The Bertz CT molecular complexity index is 1300. The molecule has 0 aromatic heterocycles. The number of rotatable bonds is 4. The quantitative estimate of drug-likeness (QED) is 0.400. The SMILES string of the molecule is COc1c(F)cc(C2=CC3CCCC(C2)N3C(=O)OCC2c3ccccc3-c3ccccc32)cc1F. The van der Waals surface area contributed by atoms with E-state index in [9.17, 15) is 13.6 Å². The third-order valence-electron chi connectivity index (χ3n) is 7.76. The first-order valence-electron chi connectivity index (χ1n) is 12.4. The third kappa shape index (κ3) is 3.76. The van der Waals surface area contributed by atoms with Gasteiger partial charge in [0.25, 0.3) is 0 Å². The molecular weight excluding hydrogens is 460 g/mol. The van der Waals surface area contributed by atoms with Gasteiger partial charge in [-0.15, -0.1) is 0 Å². The van der Waals surface area contributed by atoms with Crippen molar-refractivity contribution in [1.29, 1.82) is 0 Å². The van der Waals surface area contributed by atoms with Crippen LogP contribution in [-0.4, -0.2) is 36.8 Å². The molecule has 2 atom stereocenters. The molecule has 1 aliphatic carbocycles. The third-order valence-corrected chi connectivity index (χ3v) is 7.76. The highest BCUT2D eigenvalue weighted by molar-refractivity contribution is 5.79. The van der Waals surface area contributed by atoms with E-state index in [0.29, 0.717) is 12.0 Å². The minimum Gasteiger partial charge on any atom is -0.491 e. The van der Waals surface area contributed by atoms with Gasteiger partial charge < -0.3 is 9.47 Å². The number of methoxy groups -OCH3 is 1. The number of nitrogens with zero attached hydrogens (tertiary/aromatic N) is 1. The van der Waals surface area contributed by atoms with Crippen molar-refractivity contribution in [2.24, 2.45) is 0 Å². The van der Waals surface area contributed by atoms with Crippen molar-refractivity contribution in [3.63, 3.8) is 0 Å². The second kappa shape index (κ2) is 9.08. The van der Waals surface area contributed by atoms with Crippen LogP contribution in [0.2, 0.25) is 0 Å². The van der Waals surface area contributed by atoms with Gasteiger partial charge >= 0.3 is 6.09 Å². The monoisotopic (exact) mass is 487 g/mol. The van der Waals surface area contributed by atoms with Crippen LogP contribution in [0.1, 0.15) is 48.3 Å². The van der Waals surface area contributed by atoms with Gasteiger partial charge in [-0.1, -0.05) is 54.6 Å². The molecule has 1 saturated heterocycles. The van der Waals surface area contributed by atoms with Gasteiger partial charge in [-0.3, -0.25) is 4.90 Å². The van der Waals surface area contributed by atoms with Crippen molar-refractivity contribution in [3.05, 3.63) is 95.1 Å². The van der Waals surface area contributed by atoms with Crippen LogP contribution in [0.25, 0.3) is 16.7 Å². The van der Waals surface area contributed by atoms with E-state index in [-0.39, 0.29) is 36.5 Å². The maximum atomic E-state index is 14.3. The predicted molar refractivity (Wildman–Crippen MR) is 134 cm³/mol. The van der Waals surface area contributed by atoms with E-state index in [1.54, 1.807) is 0 Å². The van der Waals surface area contributed by atoms with Crippen LogP contribution in [0.3, 0.4) is 0 Å². The Morgan fingerprint density at radius 1 is 0.972 bits per heavy atom. The Kier molecular flexibility index (Phi) is 5.75. The van der Waals surface area contributed by atoms with E-state index in [4.69, 9.17) is 9.47 Å². The normalized spacial score (nSPS) is 20.4. The molecule has 6 rings (SSSR count). The molecule has 0 N–H and O–H groups in total. The fourth-order valence-corrected chi connectivity index (χ4v) is 6.14. The molecule has 4 nitrogen and oxygen atoms in total. The molecule has 0 spiro atoms. The van der Waals surface area contributed by atoms with Crippen molar-refractivity contribution in [1.82, 2.24) is 4.90 Å². The molecule has 1 fully saturated rings. The summed E-state index contributed by atoms with van der Waals surface area (Å²) in [7, 11) is 1.25. The molecule has 2 heterocycles. The lowest BCUT2D eigenvalue weighted by Gasteiger charge is -2.44. The minimum atomic E-state index is -0.725. The highest BCUT2D eigenvalue weighted by atomic mass is 19.1. The Hall–Kier alpha value is -3.67. The summed E-state index contributed by atoms with van der Waals surface area (Å²) in [6.45, 7) is 0.272. The maximum Gasteiger partial charge on any atom is 0.410 e. The Morgan fingerprint density at radius 2 is 1.61 bits per heavy atom. The Morgan fingerprint density at radius 3 is 2.22 bits per heavy atom. The van der Waals surface area contributed by atoms with Crippen LogP contribution < -0.4 is 4.74 Å². The first-order chi connectivity index (χ1) is 17.5. The average molecular weight is 488 g/mol. The number of benzene rings is 3. The maximum absolute atomic E-state index is 14.3. The van der Waals surface area contributed by atoms with Gasteiger partial charge in [0.05, 0.1) is 13.2 Å². The first kappa shape index (κ1) is 22.8. The molecule has 2 bridgehead atoms. The number of piperidine rings is 1. The largest absolute Gasteiger partial charge is 0.491 e. The van der Waals surface area contributed by atoms with Gasteiger partial charge in [0, 0.05) is 12.0 Å². The van der Waals surface area contributed by atoms with Crippen molar-refractivity contribution in [2.75, 3.05) is 13.7 Å². The van der Waals surface area contributed by atoms with Crippen LogP contribution in [0, 0.1) is 11.6 Å². The van der Waals surface area contributed by atoms with Gasteiger partial charge in [0.2, 0.25) is 0 Å². The molecular formula is C30H27F2NO3. The fraction of sp³-hybridized carbons (Fsp3) is 0.300. The van der Waals surface area contributed by atoms with E-state index in [2.05, 4.69) is 24.3 Å². The fourth-order valence-electron chi connectivity index (χ4n) is 6.14. The topological polar surface area (TPSA) is 38.8 Å². The van der Waals surface area contributed by atoms with E-state index >= 15 is 0 Å². The number of carbonyl (C=O) groups is 1. The predicted octanol–water partition coefficient (Wildman–Crippen LogP) is 6.93. The zero-order valence-electron chi connectivity index (χ0n) is 20.0. The molecule has 2 aliphatic heterocycles. The van der Waals surface area contributed by atoms with Crippen molar-refractivity contribution < 1.29 is 23.0 Å². The molecule has 36 heavy (non-hydrogen) atoms. The van der Waals surface area contributed by atoms with Crippen LogP contribution in [0.5, 0.6) is 5.75 Å². The summed E-state index contributed by atoms with van der Waals surface area (Å²) < 4.78 is 39.4. The van der Waals surface area contributed by atoms with Gasteiger partial charge in [0.15, 0.2) is 17.4 Å². The van der Waals surface area contributed by atoms with E-state index in [0.717, 1.165) is 24.8 Å². The summed E-state index contributed by atoms with van der Waals surface area (Å²) >= 11 is 0. The standard InChI is InChI=1S/C30H27F2NO3/c1-35-29-27(31)15-19(16-28(29)32)18-13-20-7-6-8-21(14-18)33(20)30(34)36-17-26-24-11-4-2-9-22(24)23-10-3-5-12-25(23)26/h2-5,9-13,15-16,20-21,26H,6-8,14,17H2,1H3. The highest BCUT2D eigenvalue weighted by Gasteiger charge is 2.39. The summed E-state index contributed by atoms with van der Waals surface area (Å²) in [5.41, 5.74) is 6.08. The lowest BCUT2D eigenvalue weighted by Crippen LogP contribution is -2.51. The number of hydrogen-bond acceptors (Lipinski definition) is 3. The smallest absolute Gasteiger partial charge is 0.410 e. The summed E-state index contributed by atoms with van der Waals surface area (Å²) in [5.74, 6) is -1.83. The van der Waals surface area contributed by atoms with Crippen LogP contribution in [-0.2, 0) is 4.74 Å². The van der Waals surface area contributed by atoms with Crippen LogP contribution in [0.15, 0.2) is 66.7 Å². The average Bonchev–Trinajstić information content (AvgIpc) is 3.20. The molecule has 184 valence electrons. The summed E-state index contributed by atoms with van der Waals surface area (Å²) in [6, 6.07) is 18.9. The summed E-state index contributed by atoms with van der Waals surface area (Å²) in [5, 5.41) is 0. The second-order valence-corrected chi connectivity index (χ2v) is 9.73. The number of ether oxygens (including phenoxy) is 2. The van der Waals surface area contributed by atoms with Crippen LogP contribution in [0.4, 0.5) is 13.6 Å². The Balaban J connectivity index is 1.22. The Labute approximate surface area is 209 Å². The van der Waals surface area contributed by atoms with Crippen LogP contribution >= 0.6 is 0 Å². The number of amides is 1. The lowest BCUT2D eigenvalue weighted by atomic mass is 9.83. The summed E-state index contributed by atoms with van der Waals surface area (Å²) in [4.78, 5) is 15.2. The summed E-state index contributed by atoms with van der Waals surface area (Å²) in [6.07, 6.45) is 4.81. The molecule has 3 aliphatic rings. The van der Waals surface area contributed by atoms with Crippen molar-refractivity contribution in [2.45, 2.75) is 43.7 Å². The van der Waals surface area contributed by atoms with Gasteiger partial charge in [-0.25, -0.2) is 13.6 Å². The highest BCUT2D eigenvalue weighted by Crippen LogP contribution is 2.45. The van der Waals surface area contributed by atoms with Crippen molar-refractivity contribution >= 4 is 11.7 Å². The van der Waals surface area contributed by atoms with Crippen molar-refractivity contribution in [3.8, 4) is 16.9 Å². The molecule has 6 heteroatoms. The lowest BCUT2D eigenvalue weighted by molar-refractivity contribution is 0.0539. The second-order valence-electron chi connectivity index (χ2n) is 9.73. The zero-order chi connectivity index (χ0) is 24.8. The number of hydrogen-bond donors (Lipinski definition) is 0. The van der Waals surface area contributed by atoms with E-state index < -0.39 is 11.6 Å². The first-order valence-corrected chi connectivity index (χ1v) is 12.4. The molecule has 3 aromatic carbocycles. The molecule has 1 amide bonds. The molecule has 0 radical (unpaired) electrons. The zero-order valence-corrected chi connectivity index (χ0v) is 20.0. The van der Waals surface area contributed by atoms with Gasteiger partial charge in [-0.2, -0.15) is 0 Å². The number of carbonyl (C=O) groups excluding carboxylic acids is 1. The van der Waals surface area contributed by atoms with Gasteiger partial charge in [-0.05, 0) is 71.2 Å². The molecule has 3 aromatic rings. The number of fused-ring (bicyclic) bond motifs is 5.